The van der Waals surface area contributed by atoms with Gasteiger partial charge in [0.05, 0.1) is 6.10 Å². The van der Waals surface area contributed by atoms with Crippen LogP contribution >= 0.6 is 11.3 Å². The fourth-order valence-electron chi connectivity index (χ4n) is 1.92. The molecule has 1 aromatic rings. The monoisotopic (exact) mass is 241 g/mol. The molecule has 0 saturated heterocycles. The summed E-state index contributed by atoms with van der Waals surface area (Å²) < 4.78 is 0. The summed E-state index contributed by atoms with van der Waals surface area (Å²) in [6.45, 7) is 7.98. The zero-order valence-corrected chi connectivity index (χ0v) is 11.3. The quantitative estimate of drug-likeness (QED) is 0.769. The van der Waals surface area contributed by atoms with Gasteiger partial charge in [0.25, 0.3) is 0 Å². The van der Waals surface area contributed by atoms with E-state index in [1.807, 2.05) is 0 Å². The lowest BCUT2D eigenvalue weighted by Crippen LogP contribution is -2.32. The molecule has 3 heteroatoms. The van der Waals surface area contributed by atoms with Crippen molar-refractivity contribution >= 4 is 11.3 Å². The number of hydrogen-bond acceptors (Lipinski definition) is 3. The van der Waals surface area contributed by atoms with E-state index in [2.05, 4.69) is 37.5 Å². The van der Waals surface area contributed by atoms with Gasteiger partial charge >= 0.3 is 0 Å². The van der Waals surface area contributed by atoms with Crippen molar-refractivity contribution in [3.63, 3.8) is 0 Å². The maximum Gasteiger partial charge on any atom is 0.0692 e. The van der Waals surface area contributed by atoms with Gasteiger partial charge < -0.3 is 10.4 Å². The smallest absolute Gasteiger partial charge is 0.0692 e. The molecule has 0 spiro atoms. The minimum absolute atomic E-state index is 0.213. The van der Waals surface area contributed by atoms with E-state index in [1.165, 1.54) is 10.4 Å². The highest BCUT2D eigenvalue weighted by atomic mass is 32.1. The SMILES string of the molecule is CCC(CC)C(O)CNCc1sccc1C. The highest BCUT2D eigenvalue weighted by molar-refractivity contribution is 7.10. The zero-order valence-electron chi connectivity index (χ0n) is 10.5. The molecule has 0 saturated carbocycles. The number of aliphatic hydroxyl groups excluding tert-OH is 1. The third-order valence-electron chi connectivity index (χ3n) is 3.20. The van der Waals surface area contributed by atoms with Crippen molar-refractivity contribution in [2.24, 2.45) is 5.92 Å². The molecule has 0 aromatic carbocycles. The van der Waals surface area contributed by atoms with E-state index in [4.69, 9.17) is 0 Å². The predicted molar refractivity (Wildman–Crippen MR) is 70.8 cm³/mol. The highest BCUT2D eigenvalue weighted by Crippen LogP contribution is 2.16. The lowest BCUT2D eigenvalue weighted by Gasteiger charge is -2.20. The van der Waals surface area contributed by atoms with Crippen LogP contribution in [0.1, 0.15) is 37.1 Å². The van der Waals surface area contributed by atoms with Gasteiger partial charge in [0.15, 0.2) is 0 Å². The Bertz CT molecular complexity index is 294. The summed E-state index contributed by atoms with van der Waals surface area (Å²) in [5.74, 6) is 0.428. The fourth-order valence-corrected chi connectivity index (χ4v) is 2.79. The fraction of sp³-hybridized carbons (Fsp3) is 0.692. The second kappa shape index (κ2) is 7.05. The topological polar surface area (TPSA) is 32.3 Å². The number of aliphatic hydroxyl groups is 1. The van der Waals surface area contributed by atoms with Crippen LogP contribution in [0.2, 0.25) is 0 Å². The maximum absolute atomic E-state index is 9.95. The van der Waals surface area contributed by atoms with E-state index < -0.39 is 0 Å². The molecule has 0 aliphatic rings. The van der Waals surface area contributed by atoms with E-state index in [0.29, 0.717) is 12.5 Å². The van der Waals surface area contributed by atoms with E-state index in [-0.39, 0.29) is 6.10 Å². The van der Waals surface area contributed by atoms with Gasteiger partial charge in [0.1, 0.15) is 0 Å². The Morgan fingerprint density at radius 1 is 1.38 bits per heavy atom. The summed E-state index contributed by atoms with van der Waals surface area (Å²) in [4.78, 5) is 1.37. The average molecular weight is 241 g/mol. The molecule has 1 aromatic heterocycles. The summed E-state index contributed by atoms with van der Waals surface area (Å²) in [6.07, 6.45) is 1.89. The Labute approximate surface area is 103 Å². The van der Waals surface area contributed by atoms with Gasteiger partial charge in [-0.3, -0.25) is 0 Å². The van der Waals surface area contributed by atoms with Crippen molar-refractivity contribution in [2.45, 2.75) is 46.3 Å². The summed E-state index contributed by atoms with van der Waals surface area (Å²) >= 11 is 1.78. The zero-order chi connectivity index (χ0) is 12.0. The molecule has 1 unspecified atom stereocenters. The van der Waals surface area contributed by atoms with Crippen molar-refractivity contribution in [3.05, 3.63) is 21.9 Å². The molecule has 0 aliphatic heterocycles. The Hall–Kier alpha value is -0.380. The molecule has 1 heterocycles. The van der Waals surface area contributed by atoms with Crippen molar-refractivity contribution in [1.82, 2.24) is 5.32 Å². The van der Waals surface area contributed by atoms with E-state index in [9.17, 15) is 5.11 Å². The summed E-state index contributed by atoms with van der Waals surface area (Å²) in [6, 6.07) is 2.14. The van der Waals surface area contributed by atoms with Gasteiger partial charge in [-0.2, -0.15) is 0 Å². The van der Waals surface area contributed by atoms with Gasteiger partial charge in [-0.25, -0.2) is 0 Å². The van der Waals surface area contributed by atoms with Crippen molar-refractivity contribution in [2.75, 3.05) is 6.54 Å². The second-order valence-electron chi connectivity index (χ2n) is 4.30. The number of aryl methyl sites for hydroxylation is 1. The van der Waals surface area contributed by atoms with E-state index in [0.717, 1.165) is 19.4 Å². The third-order valence-corrected chi connectivity index (χ3v) is 4.22. The van der Waals surface area contributed by atoms with Crippen molar-refractivity contribution < 1.29 is 5.11 Å². The van der Waals surface area contributed by atoms with Gasteiger partial charge in [-0.1, -0.05) is 26.7 Å². The molecule has 0 aliphatic carbocycles. The molecular weight excluding hydrogens is 218 g/mol. The first-order valence-electron chi connectivity index (χ1n) is 6.10. The molecule has 92 valence electrons. The van der Waals surface area contributed by atoms with Crippen LogP contribution in [0.5, 0.6) is 0 Å². The van der Waals surface area contributed by atoms with E-state index >= 15 is 0 Å². The summed E-state index contributed by atoms with van der Waals surface area (Å²) in [7, 11) is 0. The van der Waals surface area contributed by atoms with Gasteiger partial charge in [-0.05, 0) is 29.9 Å². The predicted octanol–water partition coefficient (Wildman–Crippen LogP) is 2.94. The minimum Gasteiger partial charge on any atom is -0.392 e. The van der Waals surface area contributed by atoms with Gasteiger partial charge in [0, 0.05) is 18.0 Å². The first kappa shape index (κ1) is 13.7. The van der Waals surface area contributed by atoms with Crippen LogP contribution in [-0.2, 0) is 6.54 Å². The Morgan fingerprint density at radius 2 is 2.06 bits per heavy atom. The molecule has 1 rings (SSSR count). The van der Waals surface area contributed by atoms with Gasteiger partial charge in [-0.15, -0.1) is 11.3 Å². The van der Waals surface area contributed by atoms with Crippen LogP contribution in [0.25, 0.3) is 0 Å². The van der Waals surface area contributed by atoms with Gasteiger partial charge in [0.2, 0.25) is 0 Å². The first-order chi connectivity index (χ1) is 7.69. The van der Waals surface area contributed by atoms with Crippen LogP contribution in [-0.4, -0.2) is 17.8 Å². The largest absolute Gasteiger partial charge is 0.392 e. The minimum atomic E-state index is -0.213. The molecule has 16 heavy (non-hydrogen) atoms. The van der Waals surface area contributed by atoms with Crippen molar-refractivity contribution in [3.8, 4) is 0 Å². The Balaban J connectivity index is 2.27. The van der Waals surface area contributed by atoms with Crippen molar-refractivity contribution in [1.29, 1.82) is 0 Å². The molecule has 0 bridgehead atoms. The van der Waals surface area contributed by atoms with Crippen LogP contribution in [0, 0.1) is 12.8 Å². The molecule has 1 atom stereocenters. The van der Waals surface area contributed by atoms with E-state index in [1.54, 1.807) is 11.3 Å². The summed E-state index contributed by atoms with van der Waals surface area (Å²) in [5.41, 5.74) is 1.34. The highest BCUT2D eigenvalue weighted by Gasteiger charge is 2.14. The number of thiophene rings is 1. The normalized spacial score (nSPS) is 13.3. The number of nitrogens with one attached hydrogen (secondary N) is 1. The lowest BCUT2D eigenvalue weighted by molar-refractivity contribution is 0.101. The molecular formula is C13H23NOS. The van der Waals surface area contributed by atoms with Crippen LogP contribution < -0.4 is 5.32 Å². The molecule has 2 N–H and O–H groups in total. The number of hydrogen-bond donors (Lipinski definition) is 2. The van der Waals surface area contributed by atoms with Crippen LogP contribution in [0.4, 0.5) is 0 Å². The second-order valence-corrected chi connectivity index (χ2v) is 5.30. The molecule has 2 nitrogen and oxygen atoms in total. The molecule has 0 fully saturated rings. The Kier molecular flexibility index (Phi) is 6.03. The molecule has 0 radical (unpaired) electrons. The maximum atomic E-state index is 9.95. The Morgan fingerprint density at radius 3 is 2.56 bits per heavy atom. The molecule has 0 amide bonds. The first-order valence-corrected chi connectivity index (χ1v) is 6.98. The lowest BCUT2D eigenvalue weighted by atomic mass is 9.96. The van der Waals surface area contributed by atoms with Crippen LogP contribution in [0.15, 0.2) is 11.4 Å². The number of rotatable bonds is 7. The standard InChI is InChI=1S/C13H23NOS/c1-4-11(5-2)12(15)8-14-9-13-10(3)6-7-16-13/h6-7,11-12,14-15H,4-5,8-9H2,1-3H3. The van der Waals surface area contributed by atoms with Crippen LogP contribution in [0.3, 0.4) is 0 Å². The summed E-state index contributed by atoms with van der Waals surface area (Å²) in [5, 5.41) is 15.4. The third kappa shape index (κ3) is 3.89. The average Bonchev–Trinajstić information content (AvgIpc) is 2.66.